The summed E-state index contributed by atoms with van der Waals surface area (Å²) in [6, 6.07) is 5.46. The van der Waals surface area contributed by atoms with Gasteiger partial charge in [0.25, 0.3) is 0 Å². The molecule has 0 amide bonds. The molecule has 120 valence electrons. The number of thiazole rings is 1. The van der Waals surface area contributed by atoms with E-state index in [0.717, 1.165) is 16.3 Å². The third-order valence-corrected chi connectivity index (χ3v) is 3.81. The molecule has 0 unspecified atom stereocenters. The van der Waals surface area contributed by atoms with Crippen molar-refractivity contribution in [2.24, 2.45) is 10.7 Å². The predicted octanol–water partition coefficient (Wildman–Crippen LogP) is 3.01. The lowest BCUT2D eigenvalue weighted by Gasteiger charge is -2.10. The highest BCUT2D eigenvalue weighted by molar-refractivity contribution is 14.0. The molecule has 0 radical (unpaired) electrons. The molecular weight excluding hydrogens is 415 g/mol. The highest BCUT2D eigenvalue weighted by atomic mass is 127. The fraction of sp³-hybridized carbons (Fsp3) is 0.286. The Morgan fingerprint density at radius 3 is 2.64 bits per heavy atom. The predicted molar refractivity (Wildman–Crippen MR) is 101 cm³/mol. The first kappa shape index (κ1) is 18.5. The summed E-state index contributed by atoms with van der Waals surface area (Å²) in [6.45, 7) is 2.47. The standard InChI is InChI=1S/C14H18N4O2S.HI/c1-9-13(21-8-17-9)7-16-14(15)18-10-4-5-11(19-2)12(6-10)20-3;/h4-6,8H,7H2,1-3H3,(H3,15,16,18);1H. The van der Waals surface area contributed by atoms with E-state index in [1.54, 1.807) is 37.1 Å². The van der Waals surface area contributed by atoms with Crippen molar-refractivity contribution in [3.8, 4) is 11.5 Å². The molecule has 0 aliphatic heterocycles. The number of nitrogens with zero attached hydrogens (tertiary/aromatic N) is 2. The molecule has 1 aromatic carbocycles. The Balaban J connectivity index is 0.00000242. The van der Waals surface area contributed by atoms with Crippen LogP contribution in [0.4, 0.5) is 5.69 Å². The smallest absolute Gasteiger partial charge is 0.193 e. The van der Waals surface area contributed by atoms with E-state index in [4.69, 9.17) is 15.2 Å². The van der Waals surface area contributed by atoms with E-state index in [0.29, 0.717) is 24.0 Å². The summed E-state index contributed by atoms with van der Waals surface area (Å²) >= 11 is 1.57. The Morgan fingerprint density at radius 2 is 2.05 bits per heavy atom. The second-order valence-electron chi connectivity index (χ2n) is 4.26. The molecule has 22 heavy (non-hydrogen) atoms. The number of ether oxygens (including phenoxy) is 2. The number of halogens is 1. The SMILES string of the molecule is COc1ccc(NC(N)=NCc2scnc2C)cc1OC.I. The maximum atomic E-state index is 5.89. The summed E-state index contributed by atoms with van der Waals surface area (Å²) in [5, 5.41) is 3.03. The number of hydrogen-bond donors (Lipinski definition) is 2. The van der Waals surface area contributed by atoms with E-state index in [1.807, 2.05) is 19.1 Å². The normalized spacial score (nSPS) is 10.8. The van der Waals surface area contributed by atoms with Crippen LogP contribution in [0, 0.1) is 6.92 Å². The van der Waals surface area contributed by atoms with Gasteiger partial charge in [-0.15, -0.1) is 35.3 Å². The molecular formula is C14H19IN4O2S. The van der Waals surface area contributed by atoms with E-state index in [1.165, 1.54) is 0 Å². The minimum Gasteiger partial charge on any atom is -0.493 e. The van der Waals surface area contributed by atoms with Gasteiger partial charge in [0.2, 0.25) is 0 Å². The number of nitrogens with two attached hydrogens (primary N) is 1. The molecule has 3 N–H and O–H groups in total. The summed E-state index contributed by atoms with van der Waals surface area (Å²) < 4.78 is 10.4. The number of rotatable bonds is 5. The number of hydrogen-bond acceptors (Lipinski definition) is 5. The fourth-order valence-corrected chi connectivity index (χ4v) is 2.44. The Bertz CT molecular complexity index is 646. The molecule has 2 rings (SSSR count). The number of methoxy groups -OCH3 is 2. The van der Waals surface area contributed by atoms with Crippen molar-refractivity contribution in [3.05, 3.63) is 34.3 Å². The highest BCUT2D eigenvalue weighted by Gasteiger charge is 2.05. The maximum absolute atomic E-state index is 5.89. The molecule has 0 saturated heterocycles. The van der Waals surface area contributed by atoms with Crippen LogP contribution >= 0.6 is 35.3 Å². The second-order valence-corrected chi connectivity index (χ2v) is 5.20. The van der Waals surface area contributed by atoms with Gasteiger partial charge in [-0.3, -0.25) is 0 Å². The van der Waals surface area contributed by atoms with E-state index < -0.39 is 0 Å². The van der Waals surface area contributed by atoms with Crippen LogP contribution in [0.15, 0.2) is 28.7 Å². The van der Waals surface area contributed by atoms with E-state index in [2.05, 4.69) is 15.3 Å². The van der Waals surface area contributed by atoms with Gasteiger partial charge in [0, 0.05) is 16.6 Å². The topological polar surface area (TPSA) is 81.8 Å². The number of aryl methyl sites for hydroxylation is 1. The van der Waals surface area contributed by atoms with Crippen LogP contribution in [0.1, 0.15) is 10.6 Å². The zero-order chi connectivity index (χ0) is 15.2. The summed E-state index contributed by atoms with van der Waals surface area (Å²) in [5.74, 6) is 1.64. The largest absolute Gasteiger partial charge is 0.493 e. The van der Waals surface area contributed by atoms with Gasteiger partial charge in [0.1, 0.15) is 0 Å². The van der Waals surface area contributed by atoms with Crippen molar-refractivity contribution >= 4 is 47.0 Å². The molecule has 1 heterocycles. The molecule has 2 aromatic rings. The van der Waals surface area contributed by atoms with E-state index in [-0.39, 0.29) is 24.0 Å². The summed E-state index contributed by atoms with van der Waals surface area (Å²) in [5.41, 5.74) is 9.46. The van der Waals surface area contributed by atoms with E-state index in [9.17, 15) is 0 Å². The summed E-state index contributed by atoms with van der Waals surface area (Å²) in [7, 11) is 3.18. The third kappa shape index (κ3) is 4.73. The number of aliphatic imine (C=N–C) groups is 1. The molecule has 8 heteroatoms. The molecule has 0 fully saturated rings. The lowest BCUT2D eigenvalue weighted by atomic mass is 10.3. The van der Waals surface area contributed by atoms with Gasteiger partial charge in [-0.05, 0) is 19.1 Å². The van der Waals surface area contributed by atoms with Gasteiger partial charge in [-0.1, -0.05) is 0 Å². The molecule has 0 bridgehead atoms. The first-order valence-corrected chi connectivity index (χ1v) is 7.20. The number of aromatic nitrogens is 1. The average Bonchev–Trinajstić information content (AvgIpc) is 2.90. The second kappa shape index (κ2) is 8.79. The van der Waals surface area contributed by atoms with Crippen molar-refractivity contribution in [1.82, 2.24) is 4.98 Å². The molecule has 1 aromatic heterocycles. The Kier molecular flexibility index (Phi) is 7.39. The van der Waals surface area contributed by atoms with Gasteiger partial charge in [0.05, 0.1) is 32.0 Å². The average molecular weight is 434 g/mol. The zero-order valence-corrected chi connectivity index (χ0v) is 15.8. The Hall–Kier alpha value is -1.55. The summed E-state index contributed by atoms with van der Waals surface area (Å²) in [6.07, 6.45) is 0. The van der Waals surface area contributed by atoms with Crippen LogP contribution in [0.5, 0.6) is 11.5 Å². The molecule has 0 spiro atoms. The third-order valence-electron chi connectivity index (χ3n) is 2.89. The van der Waals surface area contributed by atoms with Crippen LogP contribution in [-0.2, 0) is 6.54 Å². The number of anilines is 1. The van der Waals surface area contributed by atoms with Crippen molar-refractivity contribution < 1.29 is 9.47 Å². The van der Waals surface area contributed by atoms with Crippen molar-refractivity contribution in [2.45, 2.75) is 13.5 Å². The molecule has 0 saturated carbocycles. The minimum absolute atomic E-state index is 0. The quantitative estimate of drug-likeness (QED) is 0.430. The monoisotopic (exact) mass is 434 g/mol. The van der Waals surface area contributed by atoms with Crippen molar-refractivity contribution in [1.29, 1.82) is 0 Å². The number of guanidine groups is 1. The van der Waals surface area contributed by atoms with Crippen LogP contribution in [0.3, 0.4) is 0 Å². The maximum Gasteiger partial charge on any atom is 0.193 e. The van der Waals surface area contributed by atoms with Gasteiger partial charge < -0.3 is 20.5 Å². The van der Waals surface area contributed by atoms with Gasteiger partial charge in [-0.2, -0.15) is 0 Å². The van der Waals surface area contributed by atoms with Gasteiger partial charge >= 0.3 is 0 Å². The lowest BCUT2D eigenvalue weighted by Crippen LogP contribution is -2.22. The molecule has 0 aliphatic rings. The lowest BCUT2D eigenvalue weighted by molar-refractivity contribution is 0.355. The molecule has 0 aliphatic carbocycles. The number of benzene rings is 1. The highest BCUT2D eigenvalue weighted by Crippen LogP contribution is 2.29. The van der Waals surface area contributed by atoms with Gasteiger partial charge in [0.15, 0.2) is 17.5 Å². The van der Waals surface area contributed by atoms with Crippen LogP contribution in [-0.4, -0.2) is 25.2 Å². The first-order chi connectivity index (χ1) is 10.1. The van der Waals surface area contributed by atoms with E-state index >= 15 is 0 Å². The van der Waals surface area contributed by atoms with Crippen molar-refractivity contribution in [2.75, 3.05) is 19.5 Å². The Morgan fingerprint density at radius 1 is 1.32 bits per heavy atom. The Labute approximate surface area is 150 Å². The number of nitrogens with one attached hydrogen (secondary N) is 1. The van der Waals surface area contributed by atoms with Crippen LogP contribution < -0.4 is 20.5 Å². The van der Waals surface area contributed by atoms with Gasteiger partial charge in [-0.25, -0.2) is 9.98 Å². The van der Waals surface area contributed by atoms with Crippen molar-refractivity contribution in [3.63, 3.8) is 0 Å². The van der Waals surface area contributed by atoms with Crippen LogP contribution in [0.2, 0.25) is 0 Å². The first-order valence-electron chi connectivity index (χ1n) is 6.32. The molecule has 6 nitrogen and oxygen atoms in total. The zero-order valence-electron chi connectivity index (χ0n) is 12.6. The summed E-state index contributed by atoms with van der Waals surface area (Å²) in [4.78, 5) is 9.58. The molecule has 0 atom stereocenters. The van der Waals surface area contributed by atoms with Crippen LogP contribution in [0.25, 0.3) is 0 Å². The minimum atomic E-state index is 0. The fourth-order valence-electron chi connectivity index (χ4n) is 1.74.